The highest BCUT2D eigenvalue weighted by atomic mass is 79.9. The van der Waals surface area contributed by atoms with Gasteiger partial charge in [-0.15, -0.1) is 0 Å². The molecule has 2 aromatic rings. The third-order valence-corrected chi connectivity index (χ3v) is 3.02. The number of phenols is 1. The molecule has 1 aliphatic heterocycles. The van der Waals surface area contributed by atoms with E-state index in [1.165, 1.54) is 0 Å². The van der Waals surface area contributed by atoms with Crippen molar-refractivity contribution in [2.45, 2.75) is 0 Å². The summed E-state index contributed by atoms with van der Waals surface area (Å²) in [6.45, 7) is 0. The molecule has 0 aliphatic carbocycles. The van der Waals surface area contributed by atoms with Crippen LogP contribution in [0.1, 0.15) is 0 Å². The van der Waals surface area contributed by atoms with Gasteiger partial charge in [-0.05, 0) is 30.3 Å². The number of hydrogen-bond acceptors (Lipinski definition) is 3. The van der Waals surface area contributed by atoms with Crippen molar-refractivity contribution in [1.82, 2.24) is 0 Å². The molecule has 3 rings (SSSR count). The van der Waals surface area contributed by atoms with E-state index in [-0.39, 0.29) is 5.75 Å². The van der Waals surface area contributed by atoms with Crippen molar-refractivity contribution < 1.29 is 5.11 Å². The van der Waals surface area contributed by atoms with Gasteiger partial charge in [0, 0.05) is 10.5 Å². The Balaban J connectivity index is 2.09. The van der Waals surface area contributed by atoms with Crippen LogP contribution in [0.5, 0.6) is 5.75 Å². The summed E-state index contributed by atoms with van der Waals surface area (Å²) >= 11 is 3.43. The minimum atomic E-state index is 0.258. The van der Waals surface area contributed by atoms with Gasteiger partial charge in [-0.2, -0.15) is 0 Å². The summed E-state index contributed by atoms with van der Waals surface area (Å²) in [5.74, 6) is 0.258. The zero-order chi connectivity index (χ0) is 11.1. The molecule has 80 valence electrons. The van der Waals surface area contributed by atoms with Gasteiger partial charge in [-0.1, -0.05) is 15.9 Å². The zero-order valence-electron chi connectivity index (χ0n) is 8.29. The van der Waals surface area contributed by atoms with Gasteiger partial charge in [0.1, 0.15) is 5.75 Å². The minimum absolute atomic E-state index is 0.258. The van der Waals surface area contributed by atoms with Crippen molar-refractivity contribution in [3.63, 3.8) is 0 Å². The van der Waals surface area contributed by atoms with Gasteiger partial charge in [-0.25, -0.2) is 0 Å². The molecular weight excluding hydrogens is 268 g/mol. The zero-order valence-corrected chi connectivity index (χ0v) is 9.88. The van der Waals surface area contributed by atoms with Crippen LogP contribution in [0.25, 0.3) is 0 Å². The summed E-state index contributed by atoms with van der Waals surface area (Å²) in [4.78, 5) is 0. The Hall–Kier alpha value is -1.68. The molecule has 0 saturated heterocycles. The van der Waals surface area contributed by atoms with E-state index in [0.29, 0.717) is 0 Å². The molecular formula is C12H9BrN2O. The quantitative estimate of drug-likeness (QED) is 0.545. The van der Waals surface area contributed by atoms with Gasteiger partial charge in [0.05, 0.1) is 22.7 Å². The Morgan fingerprint density at radius 3 is 2.19 bits per heavy atom. The van der Waals surface area contributed by atoms with Gasteiger partial charge in [0.25, 0.3) is 0 Å². The summed E-state index contributed by atoms with van der Waals surface area (Å²) < 4.78 is 1.03. The Bertz CT molecular complexity index is 517. The average Bonchev–Trinajstić information content (AvgIpc) is 2.26. The first-order valence-electron chi connectivity index (χ1n) is 4.89. The fourth-order valence-corrected chi connectivity index (χ4v) is 2.12. The maximum atomic E-state index is 9.41. The summed E-state index contributed by atoms with van der Waals surface area (Å²) in [5, 5.41) is 16.0. The molecule has 0 unspecified atom stereocenters. The van der Waals surface area contributed by atoms with E-state index in [9.17, 15) is 5.11 Å². The highest BCUT2D eigenvalue weighted by Crippen LogP contribution is 2.40. The van der Waals surface area contributed by atoms with Crippen LogP contribution in [0.2, 0.25) is 0 Å². The SMILES string of the molecule is Oc1ccc2c(c1)Nc1ccc(Br)cc1N2. The van der Waals surface area contributed by atoms with Crippen molar-refractivity contribution in [3.8, 4) is 5.75 Å². The van der Waals surface area contributed by atoms with E-state index in [1.807, 2.05) is 24.3 Å². The maximum absolute atomic E-state index is 9.41. The van der Waals surface area contributed by atoms with Crippen LogP contribution in [0.15, 0.2) is 40.9 Å². The summed E-state index contributed by atoms with van der Waals surface area (Å²) in [6, 6.07) is 11.2. The molecule has 0 bridgehead atoms. The Kier molecular flexibility index (Phi) is 2.04. The van der Waals surface area contributed by atoms with Gasteiger partial charge >= 0.3 is 0 Å². The first kappa shape index (κ1) is 9.54. The molecule has 2 aromatic carbocycles. The largest absolute Gasteiger partial charge is 0.508 e. The standard InChI is InChI=1S/C12H9BrN2O/c13-7-1-3-9-11(5-7)14-10-4-2-8(16)6-12(10)15-9/h1-6,14-16H. The monoisotopic (exact) mass is 276 g/mol. The van der Waals surface area contributed by atoms with E-state index in [1.54, 1.807) is 12.1 Å². The molecule has 3 nitrogen and oxygen atoms in total. The fraction of sp³-hybridized carbons (Fsp3) is 0. The van der Waals surface area contributed by atoms with Crippen molar-refractivity contribution in [2.75, 3.05) is 10.6 Å². The number of fused-ring (bicyclic) bond motifs is 2. The second kappa shape index (κ2) is 3.42. The molecule has 0 aromatic heterocycles. The first-order chi connectivity index (χ1) is 7.72. The van der Waals surface area contributed by atoms with Crippen molar-refractivity contribution >= 4 is 38.7 Å². The molecule has 1 heterocycles. The van der Waals surface area contributed by atoms with Crippen LogP contribution in [0.3, 0.4) is 0 Å². The van der Waals surface area contributed by atoms with Crippen molar-refractivity contribution in [1.29, 1.82) is 0 Å². The highest BCUT2D eigenvalue weighted by Gasteiger charge is 2.14. The number of aromatic hydroxyl groups is 1. The number of hydrogen-bond donors (Lipinski definition) is 3. The van der Waals surface area contributed by atoms with Crippen LogP contribution >= 0.6 is 15.9 Å². The van der Waals surface area contributed by atoms with Crippen LogP contribution in [-0.4, -0.2) is 5.11 Å². The van der Waals surface area contributed by atoms with Gasteiger partial charge in [0.2, 0.25) is 0 Å². The predicted molar refractivity (Wildman–Crippen MR) is 68.8 cm³/mol. The number of benzene rings is 2. The van der Waals surface area contributed by atoms with E-state index < -0.39 is 0 Å². The molecule has 0 radical (unpaired) electrons. The molecule has 16 heavy (non-hydrogen) atoms. The van der Waals surface area contributed by atoms with Crippen LogP contribution in [0, 0.1) is 0 Å². The number of rotatable bonds is 0. The number of halogens is 1. The predicted octanol–water partition coefficient (Wildman–Crippen LogP) is 3.96. The number of phenolic OH excluding ortho intramolecular Hbond substituents is 1. The average molecular weight is 277 g/mol. The summed E-state index contributed by atoms with van der Waals surface area (Å²) in [6.07, 6.45) is 0. The molecule has 3 N–H and O–H groups in total. The molecule has 0 atom stereocenters. The van der Waals surface area contributed by atoms with Gasteiger partial charge < -0.3 is 15.7 Å². The second-order valence-electron chi connectivity index (χ2n) is 3.67. The first-order valence-corrected chi connectivity index (χ1v) is 5.68. The lowest BCUT2D eigenvalue weighted by Crippen LogP contribution is -2.05. The van der Waals surface area contributed by atoms with Crippen LogP contribution in [0.4, 0.5) is 22.7 Å². The van der Waals surface area contributed by atoms with E-state index in [0.717, 1.165) is 27.2 Å². The lowest BCUT2D eigenvalue weighted by Gasteiger charge is -2.23. The molecule has 0 fully saturated rings. The van der Waals surface area contributed by atoms with E-state index >= 15 is 0 Å². The summed E-state index contributed by atoms with van der Waals surface area (Å²) in [7, 11) is 0. The third kappa shape index (κ3) is 1.51. The maximum Gasteiger partial charge on any atom is 0.117 e. The fourth-order valence-electron chi connectivity index (χ4n) is 1.76. The summed E-state index contributed by atoms with van der Waals surface area (Å²) in [5.41, 5.74) is 3.87. The van der Waals surface area contributed by atoms with Crippen molar-refractivity contribution in [3.05, 3.63) is 40.9 Å². The van der Waals surface area contributed by atoms with E-state index in [2.05, 4.69) is 26.6 Å². The number of anilines is 4. The molecule has 0 spiro atoms. The van der Waals surface area contributed by atoms with Crippen molar-refractivity contribution in [2.24, 2.45) is 0 Å². The molecule has 0 saturated carbocycles. The Labute approximate surface area is 101 Å². The lowest BCUT2D eigenvalue weighted by molar-refractivity contribution is 0.475. The van der Waals surface area contributed by atoms with E-state index in [4.69, 9.17) is 0 Å². The highest BCUT2D eigenvalue weighted by molar-refractivity contribution is 9.10. The van der Waals surface area contributed by atoms with Crippen LogP contribution < -0.4 is 10.6 Å². The topological polar surface area (TPSA) is 44.3 Å². The molecule has 4 heteroatoms. The Morgan fingerprint density at radius 2 is 1.44 bits per heavy atom. The second-order valence-corrected chi connectivity index (χ2v) is 4.59. The van der Waals surface area contributed by atoms with Gasteiger partial charge in [0.15, 0.2) is 0 Å². The molecule has 0 amide bonds. The third-order valence-electron chi connectivity index (χ3n) is 2.52. The molecule has 1 aliphatic rings. The van der Waals surface area contributed by atoms with Crippen LogP contribution in [-0.2, 0) is 0 Å². The number of nitrogens with one attached hydrogen (secondary N) is 2. The Morgan fingerprint density at radius 1 is 0.812 bits per heavy atom. The smallest absolute Gasteiger partial charge is 0.117 e. The lowest BCUT2D eigenvalue weighted by atomic mass is 10.1. The normalized spacial score (nSPS) is 12.1. The minimum Gasteiger partial charge on any atom is -0.508 e. The van der Waals surface area contributed by atoms with Gasteiger partial charge in [-0.3, -0.25) is 0 Å².